The van der Waals surface area contributed by atoms with Crippen molar-refractivity contribution in [3.63, 3.8) is 0 Å². The fourth-order valence-corrected chi connectivity index (χ4v) is 3.14. The van der Waals surface area contributed by atoms with Gasteiger partial charge in [0.2, 0.25) is 5.82 Å². The van der Waals surface area contributed by atoms with Crippen LogP contribution in [0.4, 0.5) is 0 Å². The van der Waals surface area contributed by atoms with Gasteiger partial charge in [-0.05, 0) is 48.7 Å². The molecule has 9 heteroatoms. The Morgan fingerprint density at radius 2 is 1.88 bits per heavy atom. The van der Waals surface area contributed by atoms with Crippen LogP contribution in [0.1, 0.15) is 27.6 Å². The van der Waals surface area contributed by atoms with Crippen LogP contribution in [0.3, 0.4) is 0 Å². The van der Waals surface area contributed by atoms with Crippen molar-refractivity contribution in [1.82, 2.24) is 15.5 Å². The lowest BCUT2D eigenvalue weighted by atomic mass is 10.1. The van der Waals surface area contributed by atoms with E-state index < -0.39 is 11.5 Å². The smallest absolute Gasteiger partial charge is 0.336 e. The van der Waals surface area contributed by atoms with Crippen molar-refractivity contribution < 1.29 is 23.2 Å². The zero-order valence-corrected chi connectivity index (χ0v) is 17.6. The van der Waals surface area contributed by atoms with Gasteiger partial charge in [-0.2, -0.15) is 4.98 Å². The van der Waals surface area contributed by atoms with Gasteiger partial charge in [0.25, 0.3) is 0 Å². The molecule has 9 nitrogen and oxygen atoms in total. The molecule has 4 aromatic rings. The molecule has 0 fully saturated rings. The molecule has 2 aromatic carbocycles. The Morgan fingerprint density at radius 1 is 1.09 bits per heavy atom. The predicted molar refractivity (Wildman–Crippen MR) is 115 cm³/mol. The van der Waals surface area contributed by atoms with E-state index in [1.54, 1.807) is 25.3 Å². The topological polar surface area (TPSA) is 117 Å². The Bertz CT molecular complexity index is 1290. The lowest BCUT2D eigenvalue weighted by Crippen LogP contribution is -2.26. The molecule has 1 amide bonds. The van der Waals surface area contributed by atoms with Crippen molar-refractivity contribution in [3.8, 4) is 11.5 Å². The van der Waals surface area contributed by atoms with E-state index in [1.165, 1.54) is 6.07 Å². The summed E-state index contributed by atoms with van der Waals surface area (Å²) < 4.78 is 21.0. The Balaban J connectivity index is 1.30. The number of carbonyl (C=O) groups excluding carboxylic acids is 1. The quantitative estimate of drug-likeness (QED) is 0.420. The molecule has 32 heavy (non-hydrogen) atoms. The number of hydrogen-bond acceptors (Lipinski definition) is 8. The summed E-state index contributed by atoms with van der Waals surface area (Å²) >= 11 is 0. The van der Waals surface area contributed by atoms with Gasteiger partial charge >= 0.3 is 17.4 Å². The van der Waals surface area contributed by atoms with Crippen LogP contribution in [0.5, 0.6) is 11.5 Å². The summed E-state index contributed by atoms with van der Waals surface area (Å²) in [4.78, 5) is 27.8. The zero-order chi connectivity index (χ0) is 22.5. The Hall–Kier alpha value is -4.14. The number of rotatable bonds is 8. The van der Waals surface area contributed by atoms with Crippen LogP contribution in [-0.2, 0) is 13.0 Å². The molecule has 2 heterocycles. The molecule has 0 aliphatic heterocycles. The molecule has 0 atom stereocenters. The van der Waals surface area contributed by atoms with Crippen LogP contribution in [0.25, 0.3) is 11.0 Å². The third-order valence-corrected chi connectivity index (χ3v) is 4.81. The third-order valence-electron chi connectivity index (χ3n) is 4.81. The van der Waals surface area contributed by atoms with E-state index in [0.29, 0.717) is 24.3 Å². The second-order valence-corrected chi connectivity index (χ2v) is 7.06. The molecule has 0 saturated heterocycles. The maximum Gasteiger partial charge on any atom is 0.336 e. The largest absolute Gasteiger partial charge is 0.497 e. The Labute approximate surface area is 183 Å². The maximum atomic E-state index is 12.2. The van der Waals surface area contributed by atoms with Crippen LogP contribution in [0.15, 0.2) is 62.3 Å². The summed E-state index contributed by atoms with van der Waals surface area (Å²) in [6, 6.07) is 14.2. The number of carbonyl (C=O) groups is 1. The minimum absolute atomic E-state index is 0.00974. The number of methoxy groups -OCH3 is 1. The van der Waals surface area contributed by atoms with Crippen LogP contribution < -0.4 is 20.4 Å². The van der Waals surface area contributed by atoms with E-state index >= 15 is 0 Å². The highest BCUT2D eigenvalue weighted by Gasteiger charge is 2.15. The normalized spacial score (nSPS) is 10.8. The Morgan fingerprint density at radius 3 is 2.66 bits per heavy atom. The number of ether oxygens (including phenoxy) is 2. The maximum absolute atomic E-state index is 12.2. The summed E-state index contributed by atoms with van der Waals surface area (Å²) in [6.45, 7) is 2.24. The number of hydrogen-bond donors (Lipinski definition) is 1. The van der Waals surface area contributed by atoms with Crippen molar-refractivity contribution in [2.45, 2.75) is 20.0 Å². The average molecular weight is 435 g/mol. The van der Waals surface area contributed by atoms with E-state index in [9.17, 15) is 9.59 Å². The van der Waals surface area contributed by atoms with Crippen molar-refractivity contribution in [3.05, 3.63) is 81.8 Å². The van der Waals surface area contributed by atoms with Crippen LogP contribution in [0, 0.1) is 6.92 Å². The van der Waals surface area contributed by atoms with E-state index in [1.807, 2.05) is 31.2 Å². The van der Waals surface area contributed by atoms with Gasteiger partial charge in [-0.15, -0.1) is 0 Å². The first-order valence-corrected chi connectivity index (χ1v) is 9.93. The van der Waals surface area contributed by atoms with Crippen LogP contribution >= 0.6 is 0 Å². The zero-order valence-electron chi connectivity index (χ0n) is 17.6. The first-order valence-electron chi connectivity index (χ1n) is 9.93. The monoisotopic (exact) mass is 435 g/mol. The first-order chi connectivity index (χ1) is 15.5. The van der Waals surface area contributed by atoms with Crippen molar-refractivity contribution in [1.29, 1.82) is 0 Å². The molecule has 0 bridgehead atoms. The van der Waals surface area contributed by atoms with E-state index in [4.69, 9.17) is 18.4 Å². The summed E-state index contributed by atoms with van der Waals surface area (Å²) in [5.74, 6) is 0.873. The average Bonchev–Trinajstić information content (AvgIpc) is 3.27. The van der Waals surface area contributed by atoms with Crippen molar-refractivity contribution in [2.75, 3.05) is 13.7 Å². The SMILES string of the molecule is COc1ccc(CCNC(=O)c2nc(COc3ccc4c(C)cc(=O)oc4c3)no2)cc1. The molecule has 1 N–H and O–H groups in total. The van der Waals surface area contributed by atoms with Crippen LogP contribution in [-0.4, -0.2) is 29.7 Å². The second-order valence-electron chi connectivity index (χ2n) is 7.06. The van der Waals surface area contributed by atoms with Crippen molar-refractivity contribution >= 4 is 16.9 Å². The lowest BCUT2D eigenvalue weighted by Gasteiger charge is -2.05. The summed E-state index contributed by atoms with van der Waals surface area (Å²) in [6.07, 6.45) is 0.650. The molecule has 0 spiro atoms. The fourth-order valence-electron chi connectivity index (χ4n) is 3.14. The third kappa shape index (κ3) is 4.94. The number of aryl methyl sites for hydroxylation is 1. The molecule has 164 valence electrons. The van der Waals surface area contributed by atoms with Gasteiger partial charge in [-0.3, -0.25) is 4.79 Å². The fraction of sp³-hybridized carbons (Fsp3) is 0.217. The first kappa shape index (κ1) is 21.1. The minimum Gasteiger partial charge on any atom is -0.497 e. The van der Waals surface area contributed by atoms with Gasteiger partial charge in [0, 0.05) is 24.1 Å². The van der Waals surface area contributed by atoms with Gasteiger partial charge in [0.1, 0.15) is 17.1 Å². The molecule has 0 radical (unpaired) electrons. The summed E-state index contributed by atoms with van der Waals surface area (Å²) in [7, 11) is 1.61. The Kier molecular flexibility index (Phi) is 6.16. The summed E-state index contributed by atoms with van der Waals surface area (Å²) in [5, 5.41) is 7.34. The van der Waals surface area contributed by atoms with E-state index in [0.717, 1.165) is 22.3 Å². The minimum atomic E-state index is -0.458. The molecule has 0 aliphatic rings. The highest BCUT2D eigenvalue weighted by atomic mass is 16.5. The number of nitrogens with one attached hydrogen (secondary N) is 1. The van der Waals surface area contributed by atoms with Gasteiger partial charge in [-0.1, -0.05) is 17.3 Å². The van der Waals surface area contributed by atoms with Gasteiger partial charge < -0.3 is 23.7 Å². The van der Waals surface area contributed by atoms with Crippen molar-refractivity contribution in [2.24, 2.45) is 0 Å². The highest BCUT2D eigenvalue weighted by Crippen LogP contribution is 2.22. The number of nitrogens with zero attached hydrogens (tertiary/aromatic N) is 2. The molecule has 0 unspecified atom stereocenters. The van der Waals surface area contributed by atoms with Gasteiger partial charge in [0.05, 0.1) is 7.11 Å². The highest BCUT2D eigenvalue weighted by molar-refractivity contribution is 5.89. The van der Waals surface area contributed by atoms with Crippen LogP contribution in [0.2, 0.25) is 0 Å². The molecule has 2 aromatic heterocycles. The number of aromatic nitrogens is 2. The molecular formula is C23H21N3O6. The lowest BCUT2D eigenvalue weighted by molar-refractivity contribution is 0.0910. The predicted octanol–water partition coefficient (Wildman–Crippen LogP) is 3.04. The second kappa shape index (κ2) is 9.34. The van der Waals surface area contributed by atoms with Gasteiger partial charge in [-0.25, -0.2) is 4.79 Å². The number of fused-ring (bicyclic) bond motifs is 1. The molecular weight excluding hydrogens is 414 g/mol. The standard InChI is InChI=1S/C23H21N3O6/c1-14-11-21(27)31-19-12-17(7-8-18(14)19)30-13-20-25-23(32-26-20)22(28)24-10-9-15-3-5-16(29-2)6-4-15/h3-8,11-12H,9-10,13H2,1-2H3,(H,24,28). The van der Waals surface area contributed by atoms with Gasteiger partial charge in [0.15, 0.2) is 6.61 Å². The molecule has 4 rings (SSSR count). The molecule has 0 aliphatic carbocycles. The summed E-state index contributed by atoms with van der Waals surface area (Å²) in [5.41, 5.74) is 1.89. The van der Waals surface area contributed by atoms with E-state index in [2.05, 4.69) is 15.5 Å². The molecule has 0 saturated carbocycles. The van der Waals surface area contributed by atoms with E-state index in [-0.39, 0.29) is 18.3 Å². The number of amides is 1. The number of benzene rings is 2.